The Labute approximate surface area is 152 Å². The summed E-state index contributed by atoms with van der Waals surface area (Å²) in [4.78, 5) is 16.0. The van der Waals surface area contributed by atoms with Crippen molar-refractivity contribution in [2.45, 2.75) is 32.5 Å². The zero-order valence-electron chi connectivity index (χ0n) is 15.3. The van der Waals surface area contributed by atoms with Gasteiger partial charge < -0.3 is 19.2 Å². The molecule has 0 radical (unpaired) electrons. The van der Waals surface area contributed by atoms with Gasteiger partial charge in [-0.05, 0) is 31.7 Å². The summed E-state index contributed by atoms with van der Waals surface area (Å²) in [6.45, 7) is 4.79. The quantitative estimate of drug-likeness (QED) is 0.813. The summed E-state index contributed by atoms with van der Waals surface area (Å²) >= 11 is 0. The van der Waals surface area contributed by atoms with E-state index in [1.54, 1.807) is 11.8 Å². The van der Waals surface area contributed by atoms with E-state index in [1.807, 2.05) is 43.1 Å². The average molecular weight is 360 g/mol. The fourth-order valence-electron chi connectivity index (χ4n) is 3.08. The predicted octanol–water partition coefficient (Wildman–Crippen LogP) is 0.769. The number of aliphatic hydroxyl groups is 1. The summed E-state index contributed by atoms with van der Waals surface area (Å²) in [5, 5.41) is 18.1. The van der Waals surface area contributed by atoms with Crippen LogP contribution in [-0.2, 0) is 11.3 Å². The number of carbonyl (C=O) groups is 1. The Hall–Kier alpha value is -2.45. The summed E-state index contributed by atoms with van der Waals surface area (Å²) in [5.74, 6) is 1.52. The first kappa shape index (κ1) is 18.3. The fraction of sp³-hybridized carbons (Fsp3) is 0.500. The molecule has 8 nitrogen and oxygen atoms in total. The lowest BCUT2D eigenvalue weighted by Gasteiger charge is -2.24. The molecule has 1 aromatic heterocycles. The average Bonchev–Trinajstić information content (AvgIpc) is 3.18. The molecule has 1 aliphatic heterocycles. The molecule has 0 spiro atoms. The SMILES string of the molecule is Cc1cccc(OCC(=O)N2CC(N(C)Cc3nnc(C)o3)[C@H](O)C2)c1. The van der Waals surface area contributed by atoms with Gasteiger partial charge in [-0.1, -0.05) is 12.1 Å². The summed E-state index contributed by atoms with van der Waals surface area (Å²) < 4.78 is 10.9. The molecule has 26 heavy (non-hydrogen) atoms. The molecule has 2 aromatic rings. The van der Waals surface area contributed by atoms with Crippen molar-refractivity contribution in [3.8, 4) is 5.75 Å². The van der Waals surface area contributed by atoms with E-state index in [4.69, 9.17) is 9.15 Å². The van der Waals surface area contributed by atoms with Crippen molar-refractivity contribution in [3.63, 3.8) is 0 Å². The Morgan fingerprint density at radius 3 is 2.88 bits per heavy atom. The van der Waals surface area contributed by atoms with Gasteiger partial charge in [-0.3, -0.25) is 9.69 Å². The first-order chi connectivity index (χ1) is 12.4. The lowest BCUT2D eigenvalue weighted by atomic mass is 10.2. The Morgan fingerprint density at radius 1 is 1.38 bits per heavy atom. The summed E-state index contributed by atoms with van der Waals surface area (Å²) in [5.41, 5.74) is 1.07. The molecule has 0 saturated carbocycles. The van der Waals surface area contributed by atoms with Gasteiger partial charge in [-0.2, -0.15) is 0 Å². The molecule has 1 unspecified atom stereocenters. The lowest BCUT2D eigenvalue weighted by molar-refractivity contribution is -0.132. The van der Waals surface area contributed by atoms with Crippen LogP contribution in [0, 0.1) is 13.8 Å². The van der Waals surface area contributed by atoms with Gasteiger partial charge in [0.25, 0.3) is 5.91 Å². The number of hydrogen-bond donors (Lipinski definition) is 1. The normalized spacial score (nSPS) is 20.0. The second-order valence-electron chi connectivity index (χ2n) is 6.67. The highest BCUT2D eigenvalue weighted by molar-refractivity contribution is 5.78. The molecule has 8 heteroatoms. The maximum absolute atomic E-state index is 12.4. The number of rotatable bonds is 6. The molecule has 2 heterocycles. The number of aliphatic hydroxyl groups excluding tert-OH is 1. The third-order valence-corrected chi connectivity index (χ3v) is 4.48. The first-order valence-electron chi connectivity index (χ1n) is 8.57. The number of β-amino-alcohol motifs (C(OH)–C–C–N with tert-alkyl or cyclic N) is 1. The van der Waals surface area contributed by atoms with Crippen LogP contribution in [0.5, 0.6) is 5.75 Å². The van der Waals surface area contributed by atoms with Crippen LogP contribution >= 0.6 is 0 Å². The Kier molecular flexibility index (Phi) is 5.53. The second-order valence-corrected chi connectivity index (χ2v) is 6.67. The minimum atomic E-state index is -0.632. The lowest BCUT2D eigenvalue weighted by Crippen LogP contribution is -2.41. The molecule has 0 bridgehead atoms. The standard InChI is InChI=1S/C18H24N4O4/c1-12-5-4-6-14(7-12)25-11-18(24)22-8-15(16(23)9-22)21(3)10-17-20-19-13(2)26-17/h4-7,15-16,23H,8-11H2,1-3H3/t15?,16-/m1/s1. The Morgan fingerprint density at radius 2 is 2.19 bits per heavy atom. The molecular weight excluding hydrogens is 336 g/mol. The topological polar surface area (TPSA) is 91.9 Å². The molecule has 1 amide bonds. The summed E-state index contributed by atoms with van der Waals surface area (Å²) in [6, 6.07) is 7.37. The molecule has 0 aliphatic carbocycles. The smallest absolute Gasteiger partial charge is 0.260 e. The highest BCUT2D eigenvalue weighted by atomic mass is 16.5. The number of ether oxygens (including phenoxy) is 1. The fourth-order valence-corrected chi connectivity index (χ4v) is 3.08. The van der Waals surface area contributed by atoms with Crippen LogP contribution in [0.15, 0.2) is 28.7 Å². The van der Waals surface area contributed by atoms with Crippen molar-refractivity contribution in [3.05, 3.63) is 41.6 Å². The molecule has 140 valence electrons. The monoisotopic (exact) mass is 360 g/mol. The largest absolute Gasteiger partial charge is 0.484 e. The van der Waals surface area contributed by atoms with Crippen LogP contribution in [0.2, 0.25) is 0 Å². The maximum Gasteiger partial charge on any atom is 0.260 e. The van der Waals surface area contributed by atoms with Crippen LogP contribution in [0.1, 0.15) is 17.3 Å². The van der Waals surface area contributed by atoms with Crippen LogP contribution in [0.4, 0.5) is 0 Å². The van der Waals surface area contributed by atoms with Crippen LogP contribution in [-0.4, -0.2) is 69.9 Å². The zero-order chi connectivity index (χ0) is 18.7. The van der Waals surface area contributed by atoms with E-state index < -0.39 is 6.10 Å². The van der Waals surface area contributed by atoms with Crippen molar-refractivity contribution < 1.29 is 19.1 Å². The van der Waals surface area contributed by atoms with Gasteiger partial charge in [0.1, 0.15) is 5.75 Å². The van der Waals surface area contributed by atoms with E-state index in [9.17, 15) is 9.90 Å². The van der Waals surface area contributed by atoms with E-state index in [1.165, 1.54) is 0 Å². The third kappa shape index (κ3) is 4.39. The third-order valence-electron chi connectivity index (χ3n) is 4.48. The molecule has 1 saturated heterocycles. The van der Waals surface area contributed by atoms with E-state index in [0.717, 1.165) is 5.56 Å². The van der Waals surface area contributed by atoms with Crippen molar-refractivity contribution in [2.24, 2.45) is 0 Å². The number of likely N-dealkylation sites (N-methyl/N-ethyl adjacent to an activating group) is 1. The minimum Gasteiger partial charge on any atom is -0.484 e. The van der Waals surface area contributed by atoms with Crippen LogP contribution in [0.3, 0.4) is 0 Å². The molecule has 1 aliphatic rings. The highest BCUT2D eigenvalue weighted by Gasteiger charge is 2.36. The van der Waals surface area contributed by atoms with E-state index in [2.05, 4.69) is 10.2 Å². The van der Waals surface area contributed by atoms with Gasteiger partial charge in [0.2, 0.25) is 11.8 Å². The van der Waals surface area contributed by atoms with Crippen molar-refractivity contribution >= 4 is 5.91 Å². The van der Waals surface area contributed by atoms with Gasteiger partial charge in [0, 0.05) is 20.0 Å². The van der Waals surface area contributed by atoms with Crippen LogP contribution in [0.25, 0.3) is 0 Å². The summed E-state index contributed by atoms with van der Waals surface area (Å²) in [6.07, 6.45) is -0.632. The van der Waals surface area contributed by atoms with Crippen molar-refractivity contribution in [1.29, 1.82) is 0 Å². The van der Waals surface area contributed by atoms with E-state index in [-0.39, 0.29) is 25.1 Å². The number of hydrogen-bond acceptors (Lipinski definition) is 7. The number of aryl methyl sites for hydroxylation is 2. The van der Waals surface area contributed by atoms with Crippen LogP contribution < -0.4 is 4.74 Å². The van der Waals surface area contributed by atoms with Gasteiger partial charge >= 0.3 is 0 Å². The number of carbonyl (C=O) groups excluding carboxylic acids is 1. The Bertz CT molecular complexity index is 763. The van der Waals surface area contributed by atoms with Crippen molar-refractivity contribution in [2.75, 3.05) is 26.7 Å². The molecular formula is C18H24N4O4. The molecule has 3 rings (SSSR count). The number of benzene rings is 1. The van der Waals surface area contributed by atoms with Gasteiger partial charge in [0.05, 0.1) is 18.7 Å². The maximum atomic E-state index is 12.4. The Balaban J connectivity index is 1.53. The second kappa shape index (κ2) is 7.84. The predicted molar refractivity (Wildman–Crippen MR) is 93.6 cm³/mol. The van der Waals surface area contributed by atoms with E-state index >= 15 is 0 Å². The number of nitrogens with zero attached hydrogens (tertiary/aromatic N) is 4. The first-order valence-corrected chi connectivity index (χ1v) is 8.57. The number of likely N-dealkylation sites (tertiary alicyclic amines) is 1. The summed E-state index contributed by atoms with van der Waals surface area (Å²) in [7, 11) is 1.87. The molecule has 2 atom stereocenters. The zero-order valence-corrected chi connectivity index (χ0v) is 15.3. The molecule has 1 N–H and O–H groups in total. The van der Waals surface area contributed by atoms with Gasteiger partial charge in [0.15, 0.2) is 6.61 Å². The molecule has 1 fully saturated rings. The van der Waals surface area contributed by atoms with Crippen molar-refractivity contribution in [1.82, 2.24) is 20.0 Å². The number of aromatic nitrogens is 2. The number of amides is 1. The van der Waals surface area contributed by atoms with E-state index in [0.29, 0.717) is 30.6 Å². The molecule has 1 aromatic carbocycles. The highest BCUT2D eigenvalue weighted by Crippen LogP contribution is 2.18. The minimum absolute atomic E-state index is 0.0462. The van der Waals surface area contributed by atoms with Gasteiger partial charge in [-0.15, -0.1) is 10.2 Å². The van der Waals surface area contributed by atoms with Gasteiger partial charge in [-0.25, -0.2) is 0 Å².